The highest BCUT2D eigenvalue weighted by atomic mass is 16.5. The van der Waals surface area contributed by atoms with Crippen molar-refractivity contribution in [2.45, 2.75) is 25.9 Å². The second kappa shape index (κ2) is 6.87. The van der Waals surface area contributed by atoms with Crippen LogP contribution in [0, 0.1) is 12.8 Å². The van der Waals surface area contributed by atoms with Crippen LogP contribution in [0.2, 0.25) is 0 Å². The molecule has 0 aromatic carbocycles. The lowest BCUT2D eigenvalue weighted by Gasteiger charge is -2.31. The summed E-state index contributed by atoms with van der Waals surface area (Å²) in [5.41, 5.74) is 0.775. The number of carbonyl (C=O) groups is 1. The topological polar surface area (TPSA) is 81.9 Å². The lowest BCUT2D eigenvalue weighted by atomic mass is 9.93. The maximum Gasteiger partial charge on any atom is 0.289 e. The Morgan fingerprint density at radius 1 is 1.43 bits per heavy atom. The van der Waals surface area contributed by atoms with Gasteiger partial charge in [0.2, 0.25) is 5.82 Å². The van der Waals surface area contributed by atoms with Crippen LogP contribution in [0.15, 0.2) is 24.7 Å². The summed E-state index contributed by atoms with van der Waals surface area (Å²) in [4.78, 5) is 24.8. The van der Waals surface area contributed by atoms with Crippen molar-refractivity contribution in [3.8, 4) is 0 Å². The molecule has 0 saturated carbocycles. The molecule has 3 heterocycles. The Morgan fingerprint density at radius 3 is 3.04 bits per heavy atom. The predicted octanol–water partition coefficient (Wildman–Crippen LogP) is 1.42. The first-order valence-corrected chi connectivity index (χ1v) is 7.82. The molecular weight excluding hydrogens is 294 g/mol. The normalized spacial score (nSPS) is 21.1. The number of hydrogen-bond donors (Lipinski definition) is 1. The number of imidazole rings is 1. The molecule has 0 bridgehead atoms. The summed E-state index contributed by atoms with van der Waals surface area (Å²) in [6, 6.07) is 1.77. The summed E-state index contributed by atoms with van der Waals surface area (Å²) in [5, 5.41) is 2.93. The third-order valence-corrected chi connectivity index (χ3v) is 4.08. The summed E-state index contributed by atoms with van der Waals surface area (Å²) >= 11 is 0. The Kier molecular flexibility index (Phi) is 4.66. The number of nitrogens with zero attached hydrogens (tertiary/aromatic N) is 4. The van der Waals surface area contributed by atoms with Gasteiger partial charge in [-0.1, -0.05) is 0 Å². The number of nitrogens with one attached hydrogen (secondary N) is 1. The molecule has 3 rings (SSSR count). The van der Waals surface area contributed by atoms with Gasteiger partial charge in [-0.25, -0.2) is 15.0 Å². The highest BCUT2D eigenvalue weighted by Gasteiger charge is 2.30. The first-order valence-electron chi connectivity index (χ1n) is 7.82. The van der Waals surface area contributed by atoms with Crippen molar-refractivity contribution in [3.05, 3.63) is 42.0 Å². The van der Waals surface area contributed by atoms with E-state index in [1.165, 1.54) is 0 Å². The third kappa shape index (κ3) is 3.56. The van der Waals surface area contributed by atoms with E-state index in [-0.39, 0.29) is 23.8 Å². The molecule has 122 valence electrons. The van der Waals surface area contributed by atoms with Gasteiger partial charge in [0.15, 0.2) is 0 Å². The summed E-state index contributed by atoms with van der Waals surface area (Å²) in [6.45, 7) is 3.08. The third-order valence-electron chi connectivity index (χ3n) is 4.08. The average molecular weight is 315 g/mol. The zero-order chi connectivity index (χ0) is 16.2. The van der Waals surface area contributed by atoms with E-state index in [1.807, 2.05) is 24.7 Å². The van der Waals surface area contributed by atoms with Crippen molar-refractivity contribution in [1.82, 2.24) is 24.8 Å². The fourth-order valence-electron chi connectivity index (χ4n) is 2.85. The number of ether oxygens (including phenoxy) is 1. The van der Waals surface area contributed by atoms with Gasteiger partial charge < -0.3 is 14.6 Å². The van der Waals surface area contributed by atoms with Gasteiger partial charge in [-0.2, -0.15) is 0 Å². The fourth-order valence-corrected chi connectivity index (χ4v) is 2.85. The van der Waals surface area contributed by atoms with E-state index in [9.17, 15) is 4.79 Å². The summed E-state index contributed by atoms with van der Waals surface area (Å²) < 4.78 is 7.87. The predicted molar refractivity (Wildman–Crippen MR) is 83.7 cm³/mol. The molecule has 1 saturated heterocycles. The van der Waals surface area contributed by atoms with E-state index >= 15 is 0 Å². The SMILES string of the molecule is Cc1ccnc(C(=O)NC[C@@H]2CCCO[C@H]2c2nccn2C)n1. The van der Waals surface area contributed by atoms with Gasteiger partial charge in [0, 0.05) is 50.4 Å². The van der Waals surface area contributed by atoms with Crippen LogP contribution in [-0.4, -0.2) is 38.6 Å². The molecule has 1 fully saturated rings. The van der Waals surface area contributed by atoms with Gasteiger partial charge in [-0.05, 0) is 25.8 Å². The van der Waals surface area contributed by atoms with Crippen molar-refractivity contribution in [3.63, 3.8) is 0 Å². The summed E-state index contributed by atoms with van der Waals surface area (Å²) in [5.74, 6) is 1.04. The lowest BCUT2D eigenvalue weighted by Crippen LogP contribution is -2.36. The van der Waals surface area contributed by atoms with Crippen molar-refractivity contribution in [1.29, 1.82) is 0 Å². The molecule has 1 amide bonds. The molecule has 23 heavy (non-hydrogen) atoms. The van der Waals surface area contributed by atoms with E-state index < -0.39 is 0 Å². The Morgan fingerprint density at radius 2 is 2.30 bits per heavy atom. The number of carbonyl (C=O) groups excluding carboxylic acids is 1. The minimum Gasteiger partial charge on any atom is -0.370 e. The highest BCUT2D eigenvalue weighted by molar-refractivity contribution is 5.90. The molecule has 2 atom stereocenters. The van der Waals surface area contributed by atoms with Crippen molar-refractivity contribution in [2.24, 2.45) is 13.0 Å². The molecule has 1 aliphatic rings. The standard InChI is InChI=1S/C16H21N5O2/c1-11-5-6-17-14(20-11)16(22)19-10-12-4-3-9-23-13(12)15-18-7-8-21(15)2/h5-8,12-13H,3-4,9-10H2,1-2H3,(H,19,22)/t12-,13+/m0/s1. The minimum absolute atomic E-state index is 0.0949. The zero-order valence-electron chi connectivity index (χ0n) is 13.4. The lowest BCUT2D eigenvalue weighted by molar-refractivity contribution is -0.0338. The van der Waals surface area contributed by atoms with E-state index in [2.05, 4.69) is 20.3 Å². The van der Waals surface area contributed by atoms with E-state index in [4.69, 9.17) is 4.74 Å². The summed E-state index contributed by atoms with van der Waals surface area (Å²) in [6.07, 6.45) is 7.15. The van der Waals surface area contributed by atoms with E-state index in [1.54, 1.807) is 18.5 Å². The second-order valence-corrected chi connectivity index (χ2v) is 5.82. The number of aromatic nitrogens is 4. The van der Waals surface area contributed by atoms with Gasteiger partial charge in [-0.15, -0.1) is 0 Å². The van der Waals surface area contributed by atoms with Crippen LogP contribution >= 0.6 is 0 Å². The van der Waals surface area contributed by atoms with Crippen LogP contribution in [0.25, 0.3) is 0 Å². The molecular formula is C16H21N5O2. The molecule has 2 aromatic heterocycles. The van der Waals surface area contributed by atoms with Gasteiger partial charge in [-0.3, -0.25) is 4.79 Å². The molecule has 1 aliphatic heterocycles. The number of aryl methyl sites for hydroxylation is 2. The Balaban J connectivity index is 1.66. The number of rotatable bonds is 4. The number of hydrogen-bond acceptors (Lipinski definition) is 5. The average Bonchev–Trinajstić information content (AvgIpc) is 2.99. The fraction of sp³-hybridized carbons (Fsp3) is 0.500. The van der Waals surface area contributed by atoms with Crippen LogP contribution in [0.3, 0.4) is 0 Å². The number of amides is 1. The van der Waals surface area contributed by atoms with Crippen LogP contribution in [0.1, 0.15) is 41.1 Å². The van der Waals surface area contributed by atoms with E-state index in [0.29, 0.717) is 6.54 Å². The van der Waals surface area contributed by atoms with Crippen LogP contribution < -0.4 is 5.32 Å². The Hall–Kier alpha value is -2.28. The highest BCUT2D eigenvalue weighted by Crippen LogP contribution is 2.32. The second-order valence-electron chi connectivity index (χ2n) is 5.82. The molecule has 1 N–H and O–H groups in total. The Bertz CT molecular complexity index is 685. The zero-order valence-corrected chi connectivity index (χ0v) is 13.4. The van der Waals surface area contributed by atoms with Crippen molar-refractivity contribution < 1.29 is 9.53 Å². The van der Waals surface area contributed by atoms with Crippen molar-refractivity contribution in [2.75, 3.05) is 13.2 Å². The van der Waals surface area contributed by atoms with Gasteiger partial charge in [0.05, 0.1) is 0 Å². The quantitative estimate of drug-likeness (QED) is 0.922. The Labute approximate surface area is 135 Å². The van der Waals surface area contributed by atoms with Crippen LogP contribution in [0.4, 0.5) is 0 Å². The van der Waals surface area contributed by atoms with Gasteiger partial charge in [0.1, 0.15) is 11.9 Å². The van der Waals surface area contributed by atoms with Crippen LogP contribution in [-0.2, 0) is 11.8 Å². The molecule has 0 radical (unpaired) electrons. The summed E-state index contributed by atoms with van der Waals surface area (Å²) in [7, 11) is 1.95. The molecule has 0 spiro atoms. The van der Waals surface area contributed by atoms with Gasteiger partial charge in [0.25, 0.3) is 5.91 Å². The smallest absolute Gasteiger partial charge is 0.289 e. The van der Waals surface area contributed by atoms with Crippen molar-refractivity contribution >= 4 is 5.91 Å². The molecule has 7 heteroatoms. The maximum atomic E-state index is 12.2. The first kappa shape index (κ1) is 15.6. The first-order chi connectivity index (χ1) is 11.1. The van der Waals surface area contributed by atoms with Gasteiger partial charge >= 0.3 is 0 Å². The maximum absolute atomic E-state index is 12.2. The van der Waals surface area contributed by atoms with E-state index in [0.717, 1.165) is 31.0 Å². The molecule has 2 aromatic rings. The monoisotopic (exact) mass is 315 g/mol. The molecule has 0 aliphatic carbocycles. The largest absolute Gasteiger partial charge is 0.370 e. The van der Waals surface area contributed by atoms with Crippen LogP contribution in [0.5, 0.6) is 0 Å². The molecule has 7 nitrogen and oxygen atoms in total. The molecule has 0 unspecified atom stereocenters. The minimum atomic E-state index is -0.252.